The van der Waals surface area contributed by atoms with Gasteiger partial charge in [0.2, 0.25) is 5.91 Å². The van der Waals surface area contributed by atoms with Gasteiger partial charge < -0.3 is 15.5 Å². The molecule has 0 spiro atoms. The van der Waals surface area contributed by atoms with Crippen molar-refractivity contribution in [2.75, 3.05) is 6.61 Å². The van der Waals surface area contributed by atoms with Crippen molar-refractivity contribution >= 4 is 5.91 Å². The Morgan fingerprint density at radius 1 is 0.426 bits per heavy atom. The van der Waals surface area contributed by atoms with Crippen LogP contribution in [0.3, 0.4) is 0 Å². The Morgan fingerprint density at radius 3 is 1.02 bits per heavy atom. The van der Waals surface area contributed by atoms with Gasteiger partial charge in [0.15, 0.2) is 0 Å². The molecule has 2 atom stereocenters. The highest BCUT2D eigenvalue weighted by Gasteiger charge is 2.20. The summed E-state index contributed by atoms with van der Waals surface area (Å²) in [6, 6.07) is -0.537. The highest BCUT2D eigenvalue weighted by Crippen LogP contribution is 2.17. The molecule has 54 heavy (non-hydrogen) atoms. The first kappa shape index (κ1) is 53.1. The molecule has 0 aliphatic rings. The Labute approximate surface area is 339 Å². The molecule has 0 aliphatic heterocycles. The molecule has 322 valence electrons. The number of aliphatic hydroxyl groups is 2. The van der Waals surface area contributed by atoms with E-state index in [1.54, 1.807) is 0 Å². The number of amides is 1. The van der Waals surface area contributed by atoms with E-state index in [2.05, 4.69) is 31.3 Å². The van der Waals surface area contributed by atoms with Gasteiger partial charge in [-0.15, -0.1) is 0 Å². The number of rotatable bonds is 46. The van der Waals surface area contributed by atoms with Crippen LogP contribution in [0, 0.1) is 0 Å². The van der Waals surface area contributed by atoms with Crippen LogP contribution in [0.4, 0.5) is 0 Å². The summed E-state index contributed by atoms with van der Waals surface area (Å²) in [6.07, 6.45) is 58.9. The van der Waals surface area contributed by atoms with Crippen molar-refractivity contribution in [3.8, 4) is 0 Å². The number of unbranched alkanes of at least 4 members (excludes halogenated alkanes) is 37. The summed E-state index contributed by atoms with van der Waals surface area (Å²) >= 11 is 0. The van der Waals surface area contributed by atoms with Gasteiger partial charge >= 0.3 is 0 Å². The van der Waals surface area contributed by atoms with Crippen molar-refractivity contribution in [1.29, 1.82) is 0 Å². The number of carbonyl (C=O) groups is 1. The molecule has 0 rings (SSSR count). The zero-order valence-corrected chi connectivity index (χ0v) is 37.0. The second-order valence-corrected chi connectivity index (χ2v) is 17.2. The molecule has 0 aromatic carbocycles. The first-order chi connectivity index (χ1) is 26.7. The summed E-state index contributed by atoms with van der Waals surface area (Å²) in [5.41, 5.74) is 0. The molecule has 1 amide bonds. The third kappa shape index (κ3) is 42.3. The minimum atomic E-state index is -0.660. The van der Waals surface area contributed by atoms with Gasteiger partial charge in [-0.1, -0.05) is 251 Å². The summed E-state index contributed by atoms with van der Waals surface area (Å²) in [4.78, 5) is 12.4. The molecule has 3 N–H and O–H groups in total. The van der Waals surface area contributed by atoms with Crippen molar-refractivity contribution in [2.45, 2.75) is 296 Å². The highest BCUT2D eigenvalue weighted by molar-refractivity contribution is 5.76. The van der Waals surface area contributed by atoms with Crippen molar-refractivity contribution in [3.05, 3.63) is 12.2 Å². The molecular formula is C50H99NO3. The fourth-order valence-corrected chi connectivity index (χ4v) is 7.95. The fraction of sp³-hybridized carbons (Fsp3) is 0.940. The molecule has 0 saturated carbocycles. The second kappa shape index (κ2) is 46.5. The Hall–Kier alpha value is -0.870. The number of allylic oxidation sites excluding steroid dienone is 2. The maximum absolute atomic E-state index is 12.4. The summed E-state index contributed by atoms with van der Waals surface area (Å²) < 4.78 is 0. The van der Waals surface area contributed by atoms with Crippen molar-refractivity contribution in [1.82, 2.24) is 5.32 Å². The lowest BCUT2D eigenvalue weighted by Gasteiger charge is -2.22. The lowest BCUT2D eigenvalue weighted by molar-refractivity contribution is -0.123. The van der Waals surface area contributed by atoms with Crippen LogP contribution in [-0.4, -0.2) is 34.9 Å². The van der Waals surface area contributed by atoms with Crippen LogP contribution >= 0.6 is 0 Å². The predicted octanol–water partition coefficient (Wildman–Crippen LogP) is 15.8. The Kier molecular flexibility index (Phi) is 45.8. The number of carbonyl (C=O) groups excluding carboxylic acids is 1. The summed E-state index contributed by atoms with van der Waals surface area (Å²) in [5.74, 6) is -0.0367. The Morgan fingerprint density at radius 2 is 0.704 bits per heavy atom. The molecule has 0 radical (unpaired) electrons. The van der Waals surface area contributed by atoms with E-state index in [-0.39, 0.29) is 12.5 Å². The summed E-state index contributed by atoms with van der Waals surface area (Å²) in [6.45, 7) is 4.37. The molecule has 2 unspecified atom stereocenters. The average molecular weight is 762 g/mol. The standard InChI is InChI=1S/C50H99NO3/c1-3-5-7-9-11-13-15-17-19-20-21-22-23-24-25-26-27-28-29-30-31-32-33-35-37-39-41-43-45-49(53)48(47-52)51-50(54)46-44-42-40-38-36-34-18-16-14-12-10-8-6-4-2/h16,18,48-49,52-53H,3-15,17,19-47H2,1-2H3,(H,51,54)/b18-16-. The first-order valence-electron chi connectivity index (χ1n) is 24.9. The summed E-state index contributed by atoms with van der Waals surface area (Å²) in [5, 5.41) is 23.2. The second-order valence-electron chi connectivity index (χ2n) is 17.2. The molecule has 4 nitrogen and oxygen atoms in total. The maximum atomic E-state index is 12.4. The zero-order chi connectivity index (χ0) is 39.3. The van der Waals surface area contributed by atoms with Gasteiger partial charge in [0.1, 0.15) is 0 Å². The monoisotopic (exact) mass is 762 g/mol. The highest BCUT2D eigenvalue weighted by atomic mass is 16.3. The molecule has 4 heteroatoms. The molecular weight excluding hydrogens is 663 g/mol. The van der Waals surface area contributed by atoms with Gasteiger partial charge in [-0.25, -0.2) is 0 Å². The van der Waals surface area contributed by atoms with Gasteiger partial charge in [-0.2, -0.15) is 0 Å². The first-order valence-corrected chi connectivity index (χ1v) is 24.9. The minimum absolute atomic E-state index is 0.0367. The molecule has 0 aromatic heterocycles. The van der Waals surface area contributed by atoms with Gasteiger partial charge in [0, 0.05) is 6.42 Å². The van der Waals surface area contributed by atoms with Crippen LogP contribution in [0.25, 0.3) is 0 Å². The lowest BCUT2D eigenvalue weighted by Crippen LogP contribution is -2.45. The number of hydrogen-bond donors (Lipinski definition) is 3. The third-order valence-electron chi connectivity index (χ3n) is 11.8. The van der Waals surface area contributed by atoms with E-state index in [0.29, 0.717) is 12.8 Å². The van der Waals surface area contributed by atoms with E-state index in [4.69, 9.17) is 0 Å². The SMILES string of the molecule is CCCCCCC/C=C\CCCCCCCC(=O)NC(CO)C(O)CCCCCCCCCCCCCCCCCCCCCCCCCCCCCC. The van der Waals surface area contributed by atoms with Gasteiger partial charge in [-0.3, -0.25) is 4.79 Å². The molecule has 0 aromatic rings. The topological polar surface area (TPSA) is 69.6 Å². The fourth-order valence-electron chi connectivity index (χ4n) is 7.95. The van der Waals surface area contributed by atoms with Gasteiger partial charge in [-0.05, 0) is 38.5 Å². The molecule has 0 aliphatic carbocycles. The predicted molar refractivity (Wildman–Crippen MR) is 239 cm³/mol. The van der Waals surface area contributed by atoms with Crippen molar-refractivity contribution in [3.63, 3.8) is 0 Å². The van der Waals surface area contributed by atoms with Crippen LogP contribution in [-0.2, 0) is 4.79 Å². The number of aliphatic hydroxyl groups excluding tert-OH is 2. The van der Waals surface area contributed by atoms with Crippen molar-refractivity contribution in [2.24, 2.45) is 0 Å². The van der Waals surface area contributed by atoms with E-state index in [1.807, 2.05) is 0 Å². The summed E-state index contributed by atoms with van der Waals surface area (Å²) in [7, 11) is 0. The van der Waals surface area contributed by atoms with Crippen LogP contribution in [0.15, 0.2) is 12.2 Å². The van der Waals surface area contributed by atoms with Crippen LogP contribution < -0.4 is 5.32 Å². The maximum Gasteiger partial charge on any atom is 0.220 e. The van der Waals surface area contributed by atoms with Crippen molar-refractivity contribution < 1.29 is 15.0 Å². The van der Waals surface area contributed by atoms with Gasteiger partial charge in [0.05, 0.1) is 18.8 Å². The average Bonchev–Trinajstić information content (AvgIpc) is 3.18. The van der Waals surface area contributed by atoms with Gasteiger partial charge in [0.25, 0.3) is 0 Å². The molecule has 0 fully saturated rings. The van der Waals surface area contributed by atoms with E-state index >= 15 is 0 Å². The van der Waals surface area contributed by atoms with E-state index in [9.17, 15) is 15.0 Å². The Balaban J connectivity index is 3.41. The number of hydrogen-bond acceptors (Lipinski definition) is 3. The van der Waals surface area contributed by atoms with Crippen LogP contribution in [0.5, 0.6) is 0 Å². The molecule has 0 heterocycles. The van der Waals surface area contributed by atoms with Crippen LogP contribution in [0.2, 0.25) is 0 Å². The quantitative estimate of drug-likeness (QED) is 0.0427. The Bertz CT molecular complexity index is 739. The molecule has 0 saturated heterocycles. The smallest absolute Gasteiger partial charge is 0.220 e. The van der Waals surface area contributed by atoms with E-state index in [0.717, 1.165) is 25.7 Å². The molecule has 0 bridgehead atoms. The lowest BCUT2D eigenvalue weighted by atomic mass is 10.0. The van der Waals surface area contributed by atoms with E-state index < -0.39 is 12.1 Å². The third-order valence-corrected chi connectivity index (χ3v) is 11.8. The van der Waals surface area contributed by atoms with Crippen LogP contribution in [0.1, 0.15) is 284 Å². The number of nitrogens with one attached hydrogen (secondary N) is 1. The largest absolute Gasteiger partial charge is 0.394 e. The van der Waals surface area contributed by atoms with E-state index in [1.165, 1.54) is 231 Å². The minimum Gasteiger partial charge on any atom is -0.394 e. The zero-order valence-electron chi connectivity index (χ0n) is 37.0. The normalized spacial score (nSPS) is 12.9.